The van der Waals surface area contributed by atoms with Gasteiger partial charge in [-0.25, -0.2) is 9.78 Å². The van der Waals surface area contributed by atoms with Crippen LogP contribution in [0.3, 0.4) is 0 Å². The zero-order valence-corrected chi connectivity index (χ0v) is 17.1. The summed E-state index contributed by atoms with van der Waals surface area (Å²) in [4.78, 5) is 29.8. The van der Waals surface area contributed by atoms with Crippen LogP contribution in [0.4, 0.5) is 5.82 Å². The molecule has 0 fully saturated rings. The number of carbonyl (C=O) groups excluding carboxylic acids is 2. The Morgan fingerprint density at radius 3 is 2.45 bits per heavy atom. The summed E-state index contributed by atoms with van der Waals surface area (Å²) in [5.41, 5.74) is 2.97. The number of hydrogen-bond acceptors (Lipinski definition) is 5. The summed E-state index contributed by atoms with van der Waals surface area (Å²) >= 11 is 0. The largest absolute Gasteiger partial charge is 0.489 e. The highest BCUT2D eigenvalue weighted by molar-refractivity contribution is 6.05. The summed E-state index contributed by atoms with van der Waals surface area (Å²) in [5, 5.41) is 2.89. The van der Waals surface area contributed by atoms with Crippen molar-refractivity contribution in [2.24, 2.45) is 7.05 Å². The van der Waals surface area contributed by atoms with Gasteiger partial charge in [0.2, 0.25) is 0 Å². The first-order chi connectivity index (χ1) is 14.0. The van der Waals surface area contributed by atoms with Crippen LogP contribution >= 0.6 is 0 Å². The molecule has 0 aliphatic rings. The Hall–Kier alpha value is -3.35. The van der Waals surface area contributed by atoms with Crippen LogP contribution in [0.2, 0.25) is 0 Å². The molecule has 2 heterocycles. The lowest BCUT2D eigenvalue weighted by atomic mass is 10.1. The van der Waals surface area contributed by atoms with Gasteiger partial charge in [-0.3, -0.25) is 4.79 Å². The van der Waals surface area contributed by atoms with E-state index in [-0.39, 0.29) is 12.5 Å². The topological polar surface area (TPSA) is 82.5 Å². The fourth-order valence-electron chi connectivity index (χ4n) is 3.21. The first-order valence-corrected chi connectivity index (χ1v) is 9.70. The Morgan fingerprint density at radius 1 is 1.10 bits per heavy atom. The van der Waals surface area contributed by atoms with Crippen molar-refractivity contribution < 1.29 is 19.1 Å². The molecule has 3 rings (SSSR count). The molecule has 0 unspecified atom stereocenters. The van der Waals surface area contributed by atoms with Gasteiger partial charge < -0.3 is 19.4 Å². The molecule has 1 N–H and O–H groups in total. The number of nitrogens with zero attached hydrogens (tertiary/aromatic N) is 2. The molecule has 0 saturated carbocycles. The minimum atomic E-state index is -0.468. The van der Waals surface area contributed by atoms with Crippen LogP contribution in [0.15, 0.2) is 36.4 Å². The van der Waals surface area contributed by atoms with Crippen molar-refractivity contribution in [3.05, 3.63) is 53.2 Å². The maximum atomic E-state index is 12.6. The Morgan fingerprint density at radius 2 is 1.83 bits per heavy atom. The summed E-state index contributed by atoms with van der Waals surface area (Å²) in [6, 6.07) is 10.9. The maximum absolute atomic E-state index is 12.6. The summed E-state index contributed by atoms with van der Waals surface area (Å²) in [7, 11) is 1.78. The number of esters is 1. The molecule has 0 aliphatic carbocycles. The molecule has 29 heavy (non-hydrogen) atoms. The SMILES string of the molecule is CCOC(=O)c1c(OCC)c2nc(NC(=O)c3ccccc3)c(CC)cc2n1C. The Bertz CT molecular complexity index is 1040. The van der Waals surface area contributed by atoms with Gasteiger partial charge in [0.25, 0.3) is 5.91 Å². The smallest absolute Gasteiger partial charge is 0.358 e. The van der Waals surface area contributed by atoms with Gasteiger partial charge in [-0.15, -0.1) is 0 Å². The van der Waals surface area contributed by atoms with Crippen LogP contribution in [0.1, 0.15) is 47.2 Å². The average Bonchev–Trinajstić information content (AvgIpc) is 2.99. The first kappa shape index (κ1) is 20.4. The van der Waals surface area contributed by atoms with Gasteiger partial charge in [0, 0.05) is 12.6 Å². The molecular weight excluding hydrogens is 370 g/mol. The second kappa shape index (κ2) is 8.77. The van der Waals surface area contributed by atoms with E-state index in [1.807, 2.05) is 38.1 Å². The van der Waals surface area contributed by atoms with E-state index in [1.165, 1.54) is 0 Å². The maximum Gasteiger partial charge on any atom is 0.358 e. The molecule has 7 heteroatoms. The second-order valence-corrected chi connectivity index (χ2v) is 6.43. The second-order valence-electron chi connectivity index (χ2n) is 6.43. The van der Waals surface area contributed by atoms with Crippen molar-refractivity contribution in [3.63, 3.8) is 0 Å². The lowest BCUT2D eigenvalue weighted by molar-refractivity contribution is 0.0511. The fourth-order valence-corrected chi connectivity index (χ4v) is 3.21. The number of benzene rings is 1. The third-order valence-corrected chi connectivity index (χ3v) is 4.61. The van der Waals surface area contributed by atoms with Gasteiger partial charge in [0.15, 0.2) is 11.4 Å². The van der Waals surface area contributed by atoms with Crippen LogP contribution < -0.4 is 10.1 Å². The summed E-state index contributed by atoms with van der Waals surface area (Å²) in [6.45, 7) is 6.21. The van der Waals surface area contributed by atoms with Gasteiger partial charge in [0.05, 0.1) is 18.7 Å². The minimum absolute atomic E-state index is 0.244. The number of pyridine rings is 1. The van der Waals surface area contributed by atoms with Crippen molar-refractivity contribution in [1.82, 2.24) is 9.55 Å². The molecule has 0 atom stereocenters. The van der Waals surface area contributed by atoms with E-state index < -0.39 is 5.97 Å². The molecule has 1 amide bonds. The number of anilines is 1. The molecule has 1 aromatic carbocycles. The molecular formula is C22H25N3O4. The minimum Gasteiger partial charge on any atom is -0.489 e. The van der Waals surface area contributed by atoms with E-state index in [4.69, 9.17) is 9.47 Å². The number of amides is 1. The summed E-state index contributed by atoms with van der Waals surface area (Å²) in [5.74, 6) is 0.105. The molecule has 152 valence electrons. The van der Waals surface area contributed by atoms with Crippen LogP contribution in [0.25, 0.3) is 11.0 Å². The predicted molar refractivity (Wildman–Crippen MR) is 112 cm³/mol. The van der Waals surface area contributed by atoms with Gasteiger partial charge >= 0.3 is 5.97 Å². The van der Waals surface area contributed by atoms with Crippen molar-refractivity contribution in [1.29, 1.82) is 0 Å². The van der Waals surface area contributed by atoms with Gasteiger partial charge in [0.1, 0.15) is 11.3 Å². The van der Waals surface area contributed by atoms with Crippen molar-refractivity contribution in [3.8, 4) is 5.75 Å². The zero-order chi connectivity index (χ0) is 21.0. The monoisotopic (exact) mass is 395 g/mol. The summed E-state index contributed by atoms with van der Waals surface area (Å²) in [6.07, 6.45) is 0.664. The normalized spacial score (nSPS) is 10.8. The van der Waals surface area contributed by atoms with E-state index in [2.05, 4.69) is 10.3 Å². The van der Waals surface area contributed by atoms with Gasteiger partial charge in [-0.05, 0) is 44.0 Å². The quantitative estimate of drug-likeness (QED) is 0.612. The number of nitrogens with one attached hydrogen (secondary N) is 1. The highest BCUT2D eigenvalue weighted by atomic mass is 16.5. The molecule has 3 aromatic rings. The van der Waals surface area contributed by atoms with Crippen LogP contribution in [-0.4, -0.2) is 34.6 Å². The van der Waals surface area contributed by atoms with Crippen LogP contribution in [0.5, 0.6) is 5.75 Å². The Kier molecular flexibility index (Phi) is 6.16. The highest BCUT2D eigenvalue weighted by Crippen LogP contribution is 2.34. The lowest BCUT2D eigenvalue weighted by Gasteiger charge is -2.10. The van der Waals surface area contributed by atoms with E-state index in [1.54, 1.807) is 30.7 Å². The Balaban J connectivity index is 2.13. The van der Waals surface area contributed by atoms with E-state index in [0.717, 1.165) is 11.1 Å². The highest BCUT2D eigenvalue weighted by Gasteiger charge is 2.26. The standard InChI is InChI=1S/C22H25N3O4/c1-5-14-13-16-17(19(28-6-2)18(25(16)4)22(27)29-7-3)23-20(14)24-21(26)15-11-9-8-10-12-15/h8-13H,5-7H2,1-4H3,(H,23,24,26). The Labute approximate surface area is 169 Å². The number of rotatable bonds is 7. The predicted octanol–water partition coefficient (Wildman–Crippen LogP) is 3.96. The first-order valence-electron chi connectivity index (χ1n) is 9.70. The number of aryl methyl sites for hydroxylation is 2. The average molecular weight is 395 g/mol. The number of ether oxygens (including phenoxy) is 2. The molecule has 0 bridgehead atoms. The molecule has 0 radical (unpaired) electrons. The molecule has 2 aromatic heterocycles. The van der Waals surface area contributed by atoms with Crippen LogP contribution in [0, 0.1) is 0 Å². The molecule has 0 saturated heterocycles. The fraction of sp³-hybridized carbons (Fsp3) is 0.318. The number of carbonyl (C=O) groups is 2. The number of fused-ring (bicyclic) bond motifs is 1. The van der Waals surface area contributed by atoms with Gasteiger partial charge in [-0.1, -0.05) is 25.1 Å². The summed E-state index contributed by atoms with van der Waals surface area (Å²) < 4.78 is 12.7. The van der Waals surface area contributed by atoms with Crippen LogP contribution in [-0.2, 0) is 18.2 Å². The lowest BCUT2D eigenvalue weighted by Crippen LogP contribution is -2.14. The number of aromatic nitrogens is 2. The zero-order valence-electron chi connectivity index (χ0n) is 17.1. The third kappa shape index (κ3) is 3.94. The van der Waals surface area contributed by atoms with E-state index in [0.29, 0.717) is 41.4 Å². The van der Waals surface area contributed by atoms with Gasteiger partial charge in [-0.2, -0.15) is 0 Å². The van der Waals surface area contributed by atoms with E-state index >= 15 is 0 Å². The van der Waals surface area contributed by atoms with Crippen molar-refractivity contribution in [2.45, 2.75) is 27.2 Å². The molecule has 0 aliphatic heterocycles. The molecule has 0 spiro atoms. The third-order valence-electron chi connectivity index (χ3n) is 4.61. The number of hydrogen-bond donors (Lipinski definition) is 1. The van der Waals surface area contributed by atoms with Crippen molar-refractivity contribution in [2.75, 3.05) is 18.5 Å². The molecule has 7 nitrogen and oxygen atoms in total. The van der Waals surface area contributed by atoms with Crippen molar-refractivity contribution >= 4 is 28.7 Å². The van der Waals surface area contributed by atoms with E-state index in [9.17, 15) is 9.59 Å².